The van der Waals surface area contributed by atoms with Gasteiger partial charge >= 0.3 is 0 Å². The summed E-state index contributed by atoms with van der Waals surface area (Å²) in [5.41, 5.74) is 0.660. The lowest BCUT2D eigenvalue weighted by molar-refractivity contribution is 0.180. The minimum absolute atomic E-state index is 0.123. The highest BCUT2D eigenvalue weighted by Crippen LogP contribution is 2.25. The van der Waals surface area contributed by atoms with Crippen molar-refractivity contribution in [2.24, 2.45) is 5.92 Å². The maximum absolute atomic E-state index is 12.4. The highest BCUT2D eigenvalue weighted by Gasteiger charge is 2.27. The molecule has 2 N–H and O–H groups in total. The van der Waals surface area contributed by atoms with Gasteiger partial charge in [0.05, 0.1) is 18.1 Å². The van der Waals surface area contributed by atoms with Gasteiger partial charge in [0.2, 0.25) is 10.0 Å². The molecule has 0 amide bonds. The first kappa shape index (κ1) is 15.9. The Morgan fingerprint density at radius 2 is 2.30 bits per heavy atom. The van der Waals surface area contributed by atoms with E-state index in [0.29, 0.717) is 23.2 Å². The van der Waals surface area contributed by atoms with Crippen LogP contribution in [-0.4, -0.2) is 32.8 Å². The van der Waals surface area contributed by atoms with Gasteiger partial charge in [-0.3, -0.25) is 0 Å². The minimum Gasteiger partial charge on any atom is -0.392 e. The molecule has 1 aliphatic heterocycles. The van der Waals surface area contributed by atoms with Crippen molar-refractivity contribution in [3.05, 3.63) is 28.2 Å². The average molecular weight is 364 g/mol. The molecule has 0 aromatic heterocycles. The van der Waals surface area contributed by atoms with Crippen LogP contribution in [0.1, 0.15) is 18.9 Å². The molecule has 112 valence electrons. The molecule has 7 heteroatoms. The van der Waals surface area contributed by atoms with E-state index in [2.05, 4.69) is 20.7 Å². The molecule has 1 heterocycles. The number of halogens is 1. The third-order valence-electron chi connectivity index (χ3n) is 3.48. The monoisotopic (exact) mass is 363 g/mol. The van der Waals surface area contributed by atoms with Crippen LogP contribution in [0.5, 0.6) is 0 Å². The Hall–Kier alpha value is -0.470. The van der Waals surface area contributed by atoms with E-state index >= 15 is 0 Å². The van der Waals surface area contributed by atoms with Crippen LogP contribution in [0.25, 0.3) is 0 Å². The standard InChI is InChI=1S/C13H18BrNO4S/c1-9(11-4-5-19-8-11)15-20(17,18)13-3-2-10(7-16)6-12(13)14/h2-3,6,9,11,15-16H,4-5,7-8H2,1H3. The van der Waals surface area contributed by atoms with Crippen molar-refractivity contribution in [1.29, 1.82) is 0 Å². The predicted molar refractivity (Wildman–Crippen MR) is 78.8 cm³/mol. The fourth-order valence-corrected chi connectivity index (χ4v) is 4.65. The van der Waals surface area contributed by atoms with E-state index < -0.39 is 10.0 Å². The van der Waals surface area contributed by atoms with Gasteiger partial charge in [-0.25, -0.2) is 13.1 Å². The first-order valence-electron chi connectivity index (χ1n) is 6.43. The van der Waals surface area contributed by atoms with Gasteiger partial charge in [-0.15, -0.1) is 0 Å². The molecule has 1 fully saturated rings. The van der Waals surface area contributed by atoms with E-state index in [4.69, 9.17) is 9.84 Å². The summed E-state index contributed by atoms with van der Waals surface area (Å²) in [6.45, 7) is 3.01. The van der Waals surface area contributed by atoms with Crippen LogP contribution in [-0.2, 0) is 21.4 Å². The summed E-state index contributed by atoms with van der Waals surface area (Å²) in [6, 6.07) is 4.53. The Balaban J connectivity index is 2.17. The number of sulfonamides is 1. The topological polar surface area (TPSA) is 75.6 Å². The number of benzene rings is 1. The first-order valence-corrected chi connectivity index (χ1v) is 8.71. The fraction of sp³-hybridized carbons (Fsp3) is 0.538. The highest BCUT2D eigenvalue weighted by molar-refractivity contribution is 9.10. The van der Waals surface area contributed by atoms with Gasteiger partial charge in [0.1, 0.15) is 0 Å². The van der Waals surface area contributed by atoms with Gasteiger partial charge in [0, 0.05) is 23.0 Å². The predicted octanol–water partition coefficient (Wildman–Crippen LogP) is 1.64. The molecule has 1 aliphatic rings. The molecule has 2 atom stereocenters. The van der Waals surface area contributed by atoms with Crippen LogP contribution in [0.4, 0.5) is 0 Å². The second-order valence-electron chi connectivity index (χ2n) is 4.96. The summed E-state index contributed by atoms with van der Waals surface area (Å²) in [4.78, 5) is 0.181. The van der Waals surface area contributed by atoms with Crippen molar-refractivity contribution >= 4 is 26.0 Å². The van der Waals surface area contributed by atoms with E-state index in [1.54, 1.807) is 12.1 Å². The lowest BCUT2D eigenvalue weighted by atomic mass is 10.0. The lowest BCUT2D eigenvalue weighted by Gasteiger charge is -2.19. The van der Waals surface area contributed by atoms with Gasteiger partial charge < -0.3 is 9.84 Å². The highest BCUT2D eigenvalue weighted by atomic mass is 79.9. The van der Waals surface area contributed by atoms with E-state index in [9.17, 15) is 8.42 Å². The van der Waals surface area contributed by atoms with Crippen molar-refractivity contribution < 1.29 is 18.3 Å². The number of ether oxygens (including phenoxy) is 1. The summed E-state index contributed by atoms with van der Waals surface area (Å²) in [7, 11) is -3.59. The number of nitrogens with one attached hydrogen (secondary N) is 1. The lowest BCUT2D eigenvalue weighted by Crippen LogP contribution is -2.38. The quantitative estimate of drug-likeness (QED) is 0.833. The van der Waals surface area contributed by atoms with Crippen molar-refractivity contribution in [3.8, 4) is 0 Å². The maximum Gasteiger partial charge on any atom is 0.241 e. The summed E-state index contributed by atoms with van der Waals surface area (Å²) in [5.74, 6) is 0.209. The van der Waals surface area contributed by atoms with Crippen molar-refractivity contribution in [2.75, 3.05) is 13.2 Å². The number of aliphatic hydroxyl groups is 1. The van der Waals surface area contributed by atoms with Gasteiger partial charge in [-0.2, -0.15) is 0 Å². The molecule has 2 rings (SSSR count). The average Bonchev–Trinajstić information content (AvgIpc) is 2.91. The molecule has 0 saturated carbocycles. The Bertz CT molecular complexity index is 570. The zero-order chi connectivity index (χ0) is 14.8. The Labute approximate surface area is 127 Å². The smallest absolute Gasteiger partial charge is 0.241 e. The molecular formula is C13H18BrNO4S. The van der Waals surface area contributed by atoms with Gasteiger partial charge in [0.15, 0.2) is 0 Å². The summed E-state index contributed by atoms with van der Waals surface area (Å²) < 4.78 is 33.2. The zero-order valence-electron chi connectivity index (χ0n) is 11.2. The third kappa shape index (κ3) is 3.59. The van der Waals surface area contributed by atoms with Crippen LogP contribution < -0.4 is 4.72 Å². The summed E-state index contributed by atoms with van der Waals surface area (Å²) >= 11 is 3.24. The molecule has 0 radical (unpaired) electrons. The number of hydrogen-bond acceptors (Lipinski definition) is 4. The Morgan fingerprint density at radius 1 is 1.55 bits per heavy atom. The maximum atomic E-state index is 12.4. The van der Waals surface area contributed by atoms with E-state index in [0.717, 1.165) is 6.42 Å². The molecule has 1 saturated heterocycles. The van der Waals surface area contributed by atoms with Crippen molar-refractivity contribution in [2.45, 2.75) is 30.9 Å². The second-order valence-corrected chi connectivity index (χ2v) is 7.49. The molecule has 1 aromatic rings. The number of rotatable bonds is 5. The van der Waals surface area contributed by atoms with Gasteiger partial charge in [-0.05, 0) is 47.0 Å². The van der Waals surface area contributed by atoms with Crippen LogP contribution in [0.2, 0.25) is 0 Å². The Morgan fingerprint density at radius 3 is 2.85 bits per heavy atom. The molecule has 0 aliphatic carbocycles. The Kier molecular flexibility index (Phi) is 5.19. The van der Waals surface area contributed by atoms with Gasteiger partial charge in [-0.1, -0.05) is 6.07 Å². The molecule has 2 unspecified atom stereocenters. The molecule has 0 bridgehead atoms. The summed E-state index contributed by atoms with van der Waals surface area (Å²) in [5, 5.41) is 9.04. The molecule has 20 heavy (non-hydrogen) atoms. The van der Waals surface area contributed by atoms with E-state index in [1.165, 1.54) is 6.07 Å². The summed E-state index contributed by atoms with van der Waals surface area (Å²) in [6.07, 6.45) is 0.869. The number of hydrogen-bond donors (Lipinski definition) is 2. The fourth-order valence-electron chi connectivity index (χ4n) is 2.21. The minimum atomic E-state index is -3.59. The normalized spacial score (nSPS) is 21.1. The first-order chi connectivity index (χ1) is 9.44. The van der Waals surface area contributed by atoms with Crippen molar-refractivity contribution in [1.82, 2.24) is 4.72 Å². The second kappa shape index (κ2) is 6.53. The molecule has 5 nitrogen and oxygen atoms in total. The van der Waals surface area contributed by atoms with E-state index in [-0.39, 0.29) is 23.5 Å². The largest absolute Gasteiger partial charge is 0.392 e. The van der Waals surface area contributed by atoms with Crippen LogP contribution in [0, 0.1) is 5.92 Å². The third-order valence-corrected chi connectivity index (χ3v) is 6.02. The number of aliphatic hydroxyl groups excluding tert-OH is 1. The zero-order valence-corrected chi connectivity index (χ0v) is 13.6. The molecular weight excluding hydrogens is 346 g/mol. The molecule has 1 aromatic carbocycles. The van der Waals surface area contributed by atoms with Crippen LogP contribution in [0.3, 0.4) is 0 Å². The van der Waals surface area contributed by atoms with Crippen LogP contribution in [0.15, 0.2) is 27.6 Å². The van der Waals surface area contributed by atoms with Gasteiger partial charge in [0.25, 0.3) is 0 Å². The SMILES string of the molecule is CC(NS(=O)(=O)c1ccc(CO)cc1Br)C1CCOC1. The van der Waals surface area contributed by atoms with Crippen molar-refractivity contribution in [3.63, 3.8) is 0 Å². The molecule has 0 spiro atoms. The van der Waals surface area contributed by atoms with E-state index in [1.807, 2.05) is 6.92 Å². The van der Waals surface area contributed by atoms with Crippen LogP contribution >= 0.6 is 15.9 Å².